The van der Waals surface area contributed by atoms with E-state index in [0.717, 1.165) is 0 Å². The first-order valence-corrected chi connectivity index (χ1v) is 32.7. The predicted molar refractivity (Wildman–Crippen MR) is 327 cm³/mol. The molecular weight excluding hydrogens is 1200 g/mol. The molecule has 0 spiro atoms. The highest BCUT2D eigenvalue weighted by atomic mass is 32.2. The van der Waals surface area contributed by atoms with Crippen LogP contribution in [0.3, 0.4) is 0 Å². The van der Waals surface area contributed by atoms with Gasteiger partial charge in [0.1, 0.15) is 32.7 Å². The molecule has 0 aliphatic carbocycles. The maximum absolute atomic E-state index is 13.9. The quantitative estimate of drug-likeness (QED) is 0.0151. The minimum Gasteiger partial charge on any atom is -0.491 e. The van der Waals surface area contributed by atoms with Crippen LogP contribution >= 0.6 is 0 Å². The maximum Gasteiger partial charge on any atom is 0.323 e. The third-order valence-corrected chi connectivity index (χ3v) is 16.2. The van der Waals surface area contributed by atoms with Gasteiger partial charge >= 0.3 is 6.03 Å². The van der Waals surface area contributed by atoms with Crippen LogP contribution in [0.1, 0.15) is 62.8 Å². The van der Waals surface area contributed by atoms with Crippen molar-refractivity contribution < 1.29 is 66.2 Å². The lowest BCUT2D eigenvalue weighted by Gasteiger charge is -2.21. The molecule has 6 N–H and O–H groups in total. The number of hydrogen-bond donors (Lipinski definition) is 6. The molecule has 0 aromatic heterocycles. The lowest BCUT2D eigenvalue weighted by molar-refractivity contribution is 0.261. The van der Waals surface area contributed by atoms with Gasteiger partial charge in [0.05, 0.1) is 70.2 Å². The summed E-state index contributed by atoms with van der Waals surface area (Å²) in [4.78, 5) is 16.9. The number of anilines is 4. The van der Waals surface area contributed by atoms with Crippen molar-refractivity contribution in [3.8, 4) is 11.5 Å². The summed E-state index contributed by atoms with van der Waals surface area (Å²) in [5.41, 5.74) is 5.44. The van der Waals surface area contributed by atoms with Gasteiger partial charge < -0.3 is 29.9 Å². The minimum atomic E-state index is -4.65. The summed E-state index contributed by atoms with van der Waals surface area (Å²) < 4.78 is 146. The Hall–Kier alpha value is -8.17. The minimum absolute atomic E-state index is 0.0314. The highest BCUT2D eigenvalue weighted by Gasteiger charge is 2.21. The van der Waals surface area contributed by atoms with Crippen LogP contribution in [0.5, 0.6) is 11.5 Å². The fourth-order valence-electron chi connectivity index (χ4n) is 8.35. The van der Waals surface area contributed by atoms with Gasteiger partial charge in [-0.05, 0) is 175 Å². The number of aryl methyl sites for hydroxylation is 4. The van der Waals surface area contributed by atoms with Crippen molar-refractivity contribution in [3.63, 3.8) is 0 Å². The van der Waals surface area contributed by atoms with E-state index < -0.39 is 67.8 Å². The molecule has 460 valence electrons. The van der Waals surface area contributed by atoms with Crippen LogP contribution in [-0.4, -0.2) is 109 Å². The van der Waals surface area contributed by atoms with Gasteiger partial charge in [0.25, 0.3) is 40.5 Å². The first kappa shape index (κ1) is 67.0. The van der Waals surface area contributed by atoms with E-state index in [1.807, 2.05) is 37.5 Å². The Bertz CT molecular complexity index is 3800. The number of amides is 2. The molecule has 6 rings (SSSR count). The Balaban J connectivity index is 1.23. The van der Waals surface area contributed by atoms with E-state index in [2.05, 4.69) is 51.5 Å². The second kappa shape index (κ2) is 29.3. The van der Waals surface area contributed by atoms with Crippen molar-refractivity contribution in [1.82, 2.24) is 0 Å². The number of carbonyl (C=O) groups is 1. The molecule has 0 heterocycles. The van der Waals surface area contributed by atoms with E-state index in [-0.39, 0.29) is 71.7 Å². The SMILES string of the molecule is CCN(CC)c1ccc(N=Nc2ccc(N=Nc3cc(OCCCS(=O)(=O)O)c(NC(=O)Nc4cc(C)c(N=Nc5ccc(N=Nc6ccc(N(CC)CC)cc6S(=O)(=O)O)cc5C)cc4OCCCS(=O)(=O)O)cc3C)c(C)c2)c(S(=O)(=O)O)c1. The molecule has 0 saturated heterocycles. The molecule has 27 nitrogen and oxygen atoms in total. The van der Waals surface area contributed by atoms with Gasteiger partial charge in [0, 0.05) is 49.7 Å². The van der Waals surface area contributed by atoms with Gasteiger partial charge in [-0.15, -0.1) is 10.2 Å². The van der Waals surface area contributed by atoms with Gasteiger partial charge in [-0.1, -0.05) is 0 Å². The third-order valence-electron chi connectivity index (χ3n) is 12.8. The van der Waals surface area contributed by atoms with Gasteiger partial charge in [-0.3, -0.25) is 18.2 Å². The smallest absolute Gasteiger partial charge is 0.323 e. The summed E-state index contributed by atoms with van der Waals surface area (Å²) >= 11 is 0. The Morgan fingerprint density at radius 3 is 1.08 bits per heavy atom. The normalized spacial score (nSPS) is 12.4. The van der Waals surface area contributed by atoms with Gasteiger partial charge in [-0.2, -0.15) is 64.4 Å². The summed E-state index contributed by atoms with van der Waals surface area (Å²) in [5, 5.41) is 39.7. The Morgan fingerprint density at radius 2 is 0.756 bits per heavy atom. The molecule has 0 bridgehead atoms. The number of azo groups is 4. The topological polar surface area (TPSA) is 382 Å². The lowest BCUT2D eigenvalue weighted by atomic mass is 10.1. The first-order chi connectivity index (χ1) is 40.5. The molecule has 0 radical (unpaired) electrons. The Morgan fingerprint density at radius 1 is 0.430 bits per heavy atom. The van der Waals surface area contributed by atoms with E-state index in [9.17, 15) is 56.7 Å². The van der Waals surface area contributed by atoms with Crippen LogP contribution in [-0.2, 0) is 40.5 Å². The monoisotopic (exact) mass is 1260 g/mol. The van der Waals surface area contributed by atoms with Crippen LogP contribution in [0.25, 0.3) is 0 Å². The molecule has 0 unspecified atom stereocenters. The van der Waals surface area contributed by atoms with Gasteiger partial charge in [0.15, 0.2) is 0 Å². The standard InChI is InChI=1S/C55H66N12O15S4/c1-9-66(10-2)41-17-21-45(53(31-41)85(75,76)77)62-58-39-15-19-43(35(5)27-39)60-64-47-33-51(81-23-13-25-83(69,70)71)49(29-37(47)7)56-55(68)57-50-30-38(8)48(34-52(50)82-24-14-26-84(72,73)74)65-61-44-20-16-40(28-36(44)6)59-63-46-22-18-42(67(11-3)12-4)32-54(46)86(78,79)80/h15-22,27-34H,9-14,23-26H2,1-8H3,(H2,56,57,68)(H,69,70,71)(H,72,73,74)(H,75,76,77)(H,78,79,80). The van der Waals surface area contributed by atoms with Crippen molar-refractivity contribution in [2.45, 2.75) is 78.0 Å². The van der Waals surface area contributed by atoms with E-state index >= 15 is 0 Å². The van der Waals surface area contributed by atoms with E-state index in [4.69, 9.17) is 9.47 Å². The molecule has 0 saturated carbocycles. The number of nitrogens with zero attached hydrogens (tertiary/aromatic N) is 10. The molecule has 0 aliphatic rings. The molecule has 2 amide bonds. The zero-order valence-electron chi connectivity index (χ0n) is 48.2. The summed E-state index contributed by atoms with van der Waals surface area (Å²) in [6.07, 6.45) is -0.268. The predicted octanol–water partition coefficient (Wildman–Crippen LogP) is 13.7. The van der Waals surface area contributed by atoms with Crippen LogP contribution in [0, 0.1) is 27.7 Å². The van der Waals surface area contributed by atoms with Crippen LogP contribution in [0.2, 0.25) is 0 Å². The number of nitrogens with one attached hydrogen (secondary N) is 2. The Labute approximate surface area is 499 Å². The molecule has 0 atom stereocenters. The van der Waals surface area contributed by atoms with Crippen molar-refractivity contribution in [2.24, 2.45) is 40.9 Å². The molecule has 6 aromatic carbocycles. The van der Waals surface area contributed by atoms with Gasteiger partial charge in [0.2, 0.25) is 0 Å². The highest BCUT2D eigenvalue weighted by molar-refractivity contribution is 7.86. The second-order valence-electron chi connectivity index (χ2n) is 19.2. The van der Waals surface area contributed by atoms with Crippen LogP contribution < -0.4 is 29.9 Å². The van der Waals surface area contributed by atoms with Crippen molar-refractivity contribution in [3.05, 3.63) is 119 Å². The summed E-state index contributed by atoms with van der Waals surface area (Å²) in [6, 6.07) is 23.7. The zero-order valence-corrected chi connectivity index (χ0v) is 51.5. The number of hydrogen-bond acceptors (Lipinski definition) is 21. The fraction of sp³-hybridized carbons (Fsp3) is 0.327. The van der Waals surface area contributed by atoms with E-state index in [1.165, 1.54) is 48.5 Å². The van der Waals surface area contributed by atoms with E-state index in [1.54, 1.807) is 76.2 Å². The van der Waals surface area contributed by atoms with Crippen molar-refractivity contribution in [2.75, 3.05) is 71.3 Å². The first-order valence-electron chi connectivity index (χ1n) is 26.6. The van der Waals surface area contributed by atoms with Crippen molar-refractivity contribution >= 4 is 115 Å². The molecule has 31 heteroatoms. The van der Waals surface area contributed by atoms with Crippen LogP contribution in [0.4, 0.5) is 73.0 Å². The molecule has 86 heavy (non-hydrogen) atoms. The maximum atomic E-state index is 13.9. The van der Waals surface area contributed by atoms with Crippen LogP contribution in [0.15, 0.2) is 148 Å². The van der Waals surface area contributed by atoms with Gasteiger partial charge in [-0.25, -0.2) is 4.79 Å². The number of ether oxygens (including phenoxy) is 2. The lowest BCUT2D eigenvalue weighted by Crippen LogP contribution is -2.22. The summed E-state index contributed by atoms with van der Waals surface area (Å²) in [5.74, 6) is -1.17. The average molecular weight is 1260 g/mol. The fourth-order valence-corrected chi connectivity index (χ4v) is 10.6. The van der Waals surface area contributed by atoms with Crippen molar-refractivity contribution in [1.29, 1.82) is 0 Å². The summed E-state index contributed by atoms with van der Waals surface area (Å²) in [7, 11) is -18.0. The molecule has 0 aliphatic heterocycles. The average Bonchev–Trinajstić information content (AvgIpc) is 3.08. The molecular formula is C55H66N12O15S4. The number of benzene rings is 6. The second-order valence-corrected chi connectivity index (χ2v) is 25.1. The zero-order chi connectivity index (χ0) is 63.1. The number of rotatable bonds is 28. The molecule has 6 aromatic rings. The largest absolute Gasteiger partial charge is 0.491 e. The summed E-state index contributed by atoms with van der Waals surface area (Å²) in [6.45, 7) is 16.4. The third kappa shape index (κ3) is 19.4. The Kier molecular flexibility index (Phi) is 22.8. The number of carbonyl (C=O) groups excluding carboxylic acids is 1. The highest BCUT2D eigenvalue weighted by Crippen LogP contribution is 2.39. The molecule has 0 fully saturated rings. The number of urea groups is 1. The van der Waals surface area contributed by atoms with E-state index in [0.29, 0.717) is 82.6 Å².